The second kappa shape index (κ2) is 9.32. The molecule has 28 heavy (non-hydrogen) atoms. The third kappa shape index (κ3) is 4.79. The minimum atomic E-state index is 0.0744. The highest BCUT2D eigenvalue weighted by Crippen LogP contribution is 2.18. The first kappa shape index (κ1) is 19.1. The maximum atomic E-state index is 12.2. The number of likely N-dealkylation sites (tertiary alicyclic amines) is 1. The summed E-state index contributed by atoms with van der Waals surface area (Å²) in [7, 11) is 0. The summed E-state index contributed by atoms with van der Waals surface area (Å²) >= 11 is 0. The maximum Gasteiger partial charge on any atom is 0.220 e. The number of aryl methyl sites for hydroxylation is 1. The Kier molecular flexibility index (Phi) is 6.36. The summed E-state index contributed by atoms with van der Waals surface area (Å²) in [6, 6.07) is 3.98. The summed E-state index contributed by atoms with van der Waals surface area (Å²) in [6.07, 6.45) is 8.33. The van der Waals surface area contributed by atoms with Gasteiger partial charge in [0.05, 0.1) is 0 Å². The number of carbonyl (C=O) groups excluding carboxylic acids is 1. The molecule has 4 rings (SSSR count). The van der Waals surface area contributed by atoms with E-state index in [1.807, 2.05) is 12.1 Å². The van der Waals surface area contributed by atoms with Crippen LogP contribution >= 0.6 is 0 Å². The van der Waals surface area contributed by atoms with Crippen LogP contribution in [0.1, 0.15) is 50.8 Å². The summed E-state index contributed by atoms with van der Waals surface area (Å²) in [5.41, 5.74) is 0.738. The van der Waals surface area contributed by atoms with E-state index in [0.29, 0.717) is 12.8 Å². The van der Waals surface area contributed by atoms with E-state index < -0.39 is 0 Å². The Morgan fingerprint density at radius 1 is 1.00 bits per heavy atom. The maximum absolute atomic E-state index is 12.2. The Bertz CT molecular complexity index is 778. The zero-order valence-electron chi connectivity index (χ0n) is 16.6. The average Bonchev–Trinajstić information content (AvgIpc) is 3.40. The van der Waals surface area contributed by atoms with Crippen molar-refractivity contribution >= 4 is 17.4 Å². The number of hydrogen-bond acceptors (Lipinski definition) is 6. The molecule has 2 fully saturated rings. The number of piperidine rings is 1. The van der Waals surface area contributed by atoms with Crippen LogP contribution in [-0.4, -0.2) is 69.9 Å². The summed E-state index contributed by atoms with van der Waals surface area (Å²) < 4.78 is 1.80. The first-order valence-corrected chi connectivity index (χ1v) is 10.7. The van der Waals surface area contributed by atoms with Gasteiger partial charge >= 0.3 is 0 Å². The zero-order chi connectivity index (χ0) is 19.2. The van der Waals surface area contributed by atoms with Crippen molar-refractivity contribution in [3.63, 3.8) is 0 Å². The van der Waals surface area contributed by atoms with Gasteiger partial charge in [-0.15, -0.1) is 15.3 Å². The molecule has 2 aromatic rings. The molecule has 8 nitrogen and oxygen atoms in total. The number of nitrogens with zero attached hydrogens (tertiary/aromatic N) is 6. The van der Waals surface area contributed by atoms with Crippen molar-refractivity contribution in [2.75, 3.05) is 44.2 Å². The lowest BCUT2D eigenvalue weighted by atomic mass is 10.1. The lowest BCUT2D eigenvalue weighted by molar-refractivity contribution is -0.121. The van der Waals surface area contributed by atoms with Crippen LogP contribution in [0.5, 0.6) is 0 Å². The molecule has 2 saturated heterocycles. The molecular weight excluding hydrogens is 354 g/mol. The van der Waals surface area contributed by atoms with Crippen molar-refractivity contribution in [1.82, 2.24) is 30.0 Å². The highest BCUT2D eigenvalue weighted by atomic mass is 16.1. The first-order valence-electron chi connectivity index (χ1n) is 10.7. The Hall–Kier alpha value is -2.22. The fraction of sp³-hybridized carbons (Fsp3) is 0.700. The predicted octanol–water partition coefficient (Wildman–Crippen LogP) is 1.65. The number of aromatic nitrogens is 4. The lowest BCUT2D eigenvalue weighted by Crippen LogP contribution is -2.30. The number of nitrogens with one attached hydrogen (secondary N) is 1. The third-order valence-electron chi connectivity index (χ3n) is 5.74. The molecule has 152 valence electrons. The van der Waals surface area contributed by atoms with Crippen LogP contribution in [0.2, 0.25) is 0 Å². The third-order valence-corrected chi connectivity index (χ3v) is 5.74. The van der Waals surface area contributed by atoms with E-state index in [1.165, 1.54) is 45.2 Å². The highest BCUT2D eigenvalue weighted by Gasteiger charge is 2.15. The van der Waals surface area contributed by atoms with Gasteiger partial charge in [0.15, 0.2) is 11.5 Å². The van der Waals surface area contributed by atoms with Gasteiger partial charge in [-0.3, -0.25) is 4.79 Å². The Morgan fingerprint density at radius 3 is 2.61 bits per heavy atom. The molecule has 4 heterocycles. The Morgan fingerprint density at radius 2 is 1.79 bits per heavy atom. The molecule has 0 atom stereocenters. The van der Waals surface area contributed by atoms with Gasteiger partial charge in [-0.25, -0.2) is 0 Å². The van der Waals surface area contributed by atoms with Gasteiger partial charge in [-0.1, -0.05) is 0 Å². The van der Waals surface area contributed by atoms with E-state index in [-0.39, 0.29) is 5.91 Å². The van der Waals surface area contributed by atoms with Crippen molar-refractivity contribution in [1.29, 1.82) is 0 Å². The molecule has 1 N–H and O–H groups in total. The van der Waals surface area contributed by atoms with E-state index in [2.05, 4.69) is 25.3 Å². The van der Waals surface area contributed by atoms with Crippen molar-refractivity contribution < 1.29 is 4.79 Å². The molecule has 0 aliphatic carbocycles. The summed E-state index contributed by atoms with van der Waals surface area (Å²) in [4.78, 5) is 17.0. The molecular formula is C20H31N7O. The van der Waals surface area contributed by atoms with Crippen LogP contribution in [0, 0.1) is 0 Å². The van der Waals surface area contributed by atoms with E-state index in [9.17, 15) is 4.79 Å². The minimum absolute atomic E-state index is 0.0744. The largest absolute Gasteiger partial charge is 0.356 e. The van der Waals surface area contributed by atoms with E-state index in [1.54, 1.807) is 4.52 Å². The lowest BCUT2D eigenvalue weighted by Gasteiger charge is -2.27. The predicted molar refractivity (Wildman–Crippen MR) is 108 cm³/mol. The van der Waals surface area contributed by atoms with Crippen LogP contribution in [0.3, 0.4) is 0 Å². The number of hydrogen-bond donors (Lipinski definition) is 1. The zero-order valence-corrected chi connectivity index (χ0v) is 16.6. The van der Waals surface area contributed by atoms with Crippen molar-refractivity contribution in [2.24, 2.45) is 0 Å². The molecule has 0 bridgehead atoms. The molecule has 0 aromatic carbocycles. The SMILES string of the molecule is O=C(CCc1nnc2ccc(N3CCCCC3)nn12)NCCCN1CCCC1. The van der Waals surface area contributed by atoms with Gasteiger partial charge in [0.25, 0.3) is 0 Å². The summed E-state index contributed by atoms with van der Waals surface area (Å²) in [5.74, 6) is 1.80. The number of amides is 1. The molecule has 8 heteroatoms. The fourth-order valence-electron chi connectivity index (χ4n) is 4.12. The molecule has 2 aliphatic heterocycles. The first-order chi connectivity index (χ1) is 13.8. The van der Waals surface area contributed by atoms with E-state index in [4.69, 9.17) is 5.10 Å². The second-order valence-electron chi connectivity index (χ2n) is 7.88. The van der Waals surface area contributed by atoms with Gasteiger partial charge in [-0.2, -0.15) is 4.52 Å². The number of anilines is 1. The number of carbonyl (C=O) groups is 1. The van der Waals surface area contributed by atoms with E-state index in [0.717, 1.165) is 49.9 Å². The van der Waals surface area contributed by atoms with Crippen molar-refractivity contribution in [2.45, 2.75) is 51.4 Å². The van der Waals surface area contributed by atoms with Gasteiger partial charge < -0.3 is 15.1 Å². The van der Waals surface area contributed by atoms with Crippen LogP contribution in [0.4, 0.5) is 5.82 Å². The molecule has 2 aromatic heterocycles. The van der Waals surface area contributed by atoms with Crippen LogP contribution in [0.15, 0.2) is 12.1 Å². The molecule has 0 saturated carbocycles. The normalized spacial score (nSPS) is 18.1. The summed E-state index contributed by atoms with van der Waals surface area (Å²) in [6.45, 7) is 6.35. The average molecular weight is 386 g/mol. The smallest absolute Gasteiger partial charge is 0.220 e. The van der Waals surface area contributed by atoms with Crippen LogP contribution in [-0.2, 0) is 11.2 Å². The van der Waals surface area contributed by atoms with E-state index >= 15 is 0 Å². The van der Waals surface area contributed by atoms with Gasteiger partial charge in [-0.05, 0) is 70.3 Å². The quantitative estimate of drug-likeness (QED) is 0.696. The molecule has 2 aliphatic rings. The minimum Gasteiger partial charge on any atom is -0.356 e. The van der Waals surface area contributed by atoms with Crippen molar-refractivity contribution in [3.8, 4) is 0 Å². The molecule has 0 radical (unpaired) electrons. The van der Waals surface area contributed by atoms with Crippen LogP contribution in [0.25, 0.3) is 5.65 Å². The molecule has 0 unspecified atom stereocenters. The van der Waals surface area contributed by atoms with Gasteiger partial charge in [0.2, 0.25) is 5.91 Å². The van der Waals surface area contributed by atoms with Gasteiger partial charge in [0.1, 0.15) is 5.82 Å². The Balaban J connectivity index is 1.27. The molecule has 1 amide bonds. The number of rotatable bonds is 8. The van der Waals surface area contributed by atoms with Gasteiger partial charge in [0, 0.05) is 32.5 Å². The van der Waals surface area contributed by atoms with Crippen molar-refractivity contribution in [3.05, 3.63) is 18.0 Å². The fourth-order valence-corrected chi connectivity index (χ4v) is 4.12. The Labute approximate surface area is 166 Å². The number of fused-ring (bicyclic) bond motifs is 1. The van der Waals surface area contributed by atoms with Crippen LogP contribution < -0.4 is 10.2 Å². The highest BCUT2D eigenvalue weighted by molar-refractivity contribution is 5.76. The second-order valence-corrected chi connectivity index (χ2v) is 7.88. The standard InChI is InChI=1S/C20H31N7O/c28-20(21-11-6-14-25-12-4-5-13-25)10-9-18-23-22-17-7-8-19(24-27(17)18)26-15-2-1-3-16-26/h7-8H,1-6,9-16H2,(H,21,28). The monoisotopic (exact) mass is 385 g/mol. The summed E-state index contributed by atoms with van der Waals surface area (Å²) in [5, 5.41) is 16.2. The topological polar surface area (TPSA) is 78.7 Å². The molecule has 0 spiro atoms.